The Hall–Kier alpha value is -3.13. The molecule has 0 aromatic carbocycles. The van der Waals surface area contributed by atoms with Crippen molar-refractivity contribution in [3.05, 3.63) is 47.8 Å². The van der Waals surface area contributed by atoms with E-state index in [1.54, 1.807) is 0 Å². The Morgan fingerprint density at radius 3 is 1.44 bits per heavy atom. The second-order valence-corrected chi connectivity index (χ2v) is 12.0. The number of aromatic nitrogens is 2. The van der Waals surface area contributed by atoms with Crippen LogP contribution in [0.5, 0.6) is 0 Å². The van der Waals surface area contributed by atoms with Gasteiger partial charge in [-0.1, -0.05) is 12.1 Å². The Labute approximate surface area is 246 Å². The monoisotopic (exact) mass is 626 g/mol. The molecule has 0 saturated carbocycles. The molecular formula is C26H34N4O12S. The normalized spacial score (nSPS) is 33.0. The van der Waals surface area contributed by atoms with E-state index in [-0.39, 0.29) is 11.1 Å². The zero-order valence-corrected chi connectivity index (χ0v) is 23.9. The third-order valence-corrected chi connectivity index (χ3v) is 9.02. The van der Waals surface area contributed by atoms with Crippen LogP contribution in [0.1, 0.15) is 37.2 Å². The van der Waals surface area contributed by atoms with Crippen LogP contribution in [0.2, 0.25) is 0 Å². The maximum Gasteiger partial charge on any atom is 0.241 e. The highest BCUT2D eigenvalue weighted by Crippen LogP contribution is 2.39. The molecule has 236 valence electrons. The Bertz CT molecular complexity index is 1330. The number of aliphatic hydroxyl groups is 6. The predicted octanol–water partition coefficient (Wildman–Crippen LogP) is -3.37. The number of aliphatic hydroxyl groups excluding tert-OH is 6. The van der Waals surface area contributed by atoms with Crippen LogP contribution in [0.15, 0.2) is 46.7 Å². The highest BCUT2D eigenvalue weighted by molar-refractivity contribution is 7.91. The summed E-state index contributed by atoms with van der Waals surface area (Å²) < 4.78 is 40.1. The quantitative estimate of drug-likeness (QED) is 0.142. The lowest BCUT2D eigenvalue weighted by Crippen LogP contribution is -2.61. The summed E-state index contributed by atoms with van der Waals surface area (Å²) in [5, 5.41) is 65.6. The minimum Gasteiger partial charge on any atom is -0.394 e. The van der Waals surface area contributed by atoms with E-state index in [0.29, 0.717) is 0 Å². The van der Waals surface area contributed by atoms with Crippen LogP contribution in [-0.2, 0) is 28.9 Å². The van der Waals surface area contributed by atoms with Crippen molar-refractivity contribution in [1.29, 1.82) is 0 Å². The van der Waals surface area contributed by atoms with Crippen LogP contribution in [0.3, 0.4) is 0 Å². The fourth-order valence-electron chi connectivity index (χ4n) is 5.34. The summed E-state index contributed by atoms with van der Waals surface area (Å²) in [5.74, 6) is -1.24. The van der Waals surface area contributed by atoms with Crippen LogP contribution >= 0.6 is 0 Å². The first-order valence-corrected chi connectivity index (χ1v) is 14.8. The van der Waals surface area contributed by atoms with Gasteiger partial charge in [0.25, 0.3) is 0 Å². The number of rotatable bonds is 8. The van der Waals surface area contributed by atoms with E-state index >= 15 is 0 Å². The van der Waals surface area contributed by atoms with Gasteiger partial charge in [-0.05, 0) is 12.1 Å². The van der Waals surface area contributed by atoms with Crippen LogP contribution < -0.4 is 10.6 Å². The van der Waals surface area contributed by atoms with Crippen molar-refractivity contribution < 1.29 is 58.1 Å². The minimum absolute atomic E-state index is 0.145. The number of hydrogen-bond acceptors (Lipinski definition) is 14. The van der Waals surface area contributed by atoms with E-state index in [0.717, 1.165) is 13.8 Å². The molecule has 43 heavy (non-hydrogen) atoms. The number of carbonyl (C=O) groups is 2. The van der Waals surface area contributed by atoms with Crippen molar-refractivity contribution in [2.75, 3.05) is 13.2 Å². The highest BCUT2D eigenvalue weighted by Gasteiger charge is 2.49. The van der Waals surface area contributed by atoms with E-state index in [9.17, 15) is 48.6 Å². The number of ether oxygens (including phenoxy) is 2. The van der Waals surface area contributed by atoms with Gasteiger partial charge in [-0.2, -0.15) is 0 Å². The molecule has 2 unspecified atom stereocenters. The van der Waals surface area contributed by atoms with E-state index in [1.807, 2.05) is 0 Å². The van der Waals surface area contributed by atoms with Gasteiger partial charge in [0.2, 0.25) is 21.7 Å². The molecule has 10 atom stereocenters. The predicted molar refractivity (Wildman–Crippen MR) is 143 cm³/mol. The molecule has 2 amide bonds. The van der Waals surface area contributed by atoms with Crippen molar-refractivity contribution >= 4 is 21.7 Å². The lowest BCUT2D eigenvalue weighted by Gasteiger charge is -2.43. The van der Waals surface area contributed by atoms with Crippen molar-refractivity contribution in [2.45, 2.75) is 84.8 Å². The second-order valence-electron chi connectivity index (χ2n) is 10.3. The number of pyridine rings is 2. The van der Waals surface area contributed by atoms with Crippen LogP contribution in [0.25, 0.3) is 0 Å². The third-order valence-electron chi connectivity index (χ3n) is 7.32. The zero-order chi connectivity index (χ0) is 31.6. The minimum atomic E-state index is -4.73. The van der Waals surface area contributed by atoms with Crippen molar-refractivity contribution in [1.82, 2.24) is 20.6 Å². The van der Waals surface area contributed by atoms with Gasteiger partial charge in [-0.3, -0.25) is 9.59 Å². The van der Waals surface area contributed by atoms with Crippen molar-refractivity contribution in [2.24, 2.45) is 0 Å². The van der Waals surface area contributed by atoms with Gasteiger partial charge in [0.1, 0.15) is 48.8 Å². The fourth-order valence-corrected chi connectivity index (χ4v) is 6.91. The molecule has 2 aromatic rings. The number of carbonyl (C=O) groups excluding carboxylic acids is 2. The molecule has 2 aromatic heterocycles. The molecule has 0 bridgehead atoms. The Morgan fingerprint density at radius 1 is 0.744 bits per heavy atom. The van der Waals surface area contributed by atoms with E-state index < -0.39 is 106 Å². The number of nitrogens with one attached hydrogen (secondary N) is 2. The van der Waals surface area contributed by atoms with Crippen LogP contribution in [0.4, 0.5) is 0 Å². The van der Waals surface area contributed by atoms with E-state index in [4.69, 9.17) is 9.47 Å². The summed E-state index contributed by atoms with van der Waals surface area (Å²) in [6.07, 6.45) is -9.76. The molecule has 4 rings (SSSR count). The molecule has 0 aliphatic carbocycles. The molecular weight excluding hydrogens is 592 g/mol. The summed E-state index contributed by atoms with van der Waals surface area (Å²) in [6, 6.07) is 2.69. The average molecular weight is 627 g/mol. The Morgan fingerprint density at radius 2 is 1.12 bits per heavy atom. The lowest BCUT2D eigenvalue weighted by atomic mass is 9.89. The third kappa shape index (κ3) is 6.40. The molecule has 4 heterocycles. The molecule has 2 fully saturated rings. The molecule has 2 aliphatic rings. The van der Waals surface area contributed by atoms with Crippen molar-refractivity contribution in [3.63, 3.8) is 0 Å². The molecule has 2 aliphatic heterocycles. The largest absolute Gasteiger partial charge is 0.394 e. The van der Waals surface area contributed by atoms with E-state index in [2.05, 4.69) is 20.6 Å². The molecule has 8 N–H and O–H groups in total. The van der Waals surface area contributed by atoms with Gasteiger partial charge >= 0.3 is 0 Å². The molecule has 2 saturated heterocycles. The SMILES string of the molecule is CC(=O)N[C@H]1C(c2cccnc2S(=O)(=O)c2ncccc2C2O[C@H](CO)[C@H](O)[C@H](O)[C@H]2NC(C)=O)O[C@H](CO)[C@H](O)[C@@H]1O. The maximum absolute atomic E-state index is 14.3. The summed E-state index contributed by atoms with van der Waals surface area (Å²) >= 11 is 0. The summed E-state index contributed by atoms with van der Waals surface area (Å²) in [4.78, 5) is 32.1. The molecule has 16 nitrogen and oxygen atoms in total. The van der Waals surface area contributed by atoms with Gasteiger partial charge in [-0.15, -0.1) is 0 Å². The number of nitrogens with zero attached hydrogens (tertiary/aromatic N) is 2. The van der Waals surface area contributed by atoms with Crippen LogP contribution in [-0.4, -0.2) is 123 Å². The van der Waals surface area contributed by atoms with Crippen LogP contribution in [0, 0.1) is 0 Å². The standard InChI is InChI=1S/C26H34N4O12S/c1-11(33)29-17-21(37)19(35)15(9-31)41-23(17)13-5-3-7-27-25(13)43(39,40)26-14(6-4-8-28-26)24-18(30-12(2)34)22(38)20(36)16(10-32)42-24/h3-8,15-24,31-32,35-38H,9-10H2,1-2H3,(H,29,33)(H,30,34)/t15-,16-,17-,18-,19+,20+,21-,22-,23?,24?/m1/s1. The van der Waals surface area contributed by atoms with E-state index in [1.165, 1.54) is 36.7 Å². The Balaban J connectivity index is 1.85. The summed E-state index contributed by atoms with van der Waals surface area (Å²) in [6.45, 7) is 0.822. The first-order valence-electron chi connectivity index (χ1n) is 13.3. The first kappa shape index (κ1) is 32.8. The van der Waals surface area contributed by atoms with Gasteiger partial charge in [0.15, 0.2) is 10.1 Å². The topological polar surface area (TPSA) is 258 Å². The first-order chi connectivity index (χ1) is 20.3. The number of sulfone groups is 1. The zero-order valence-electron chi connectivity index (χ0n) is 23.1. The summed E-state index contributed by atoms with van der Waals surface area (Å²) in [7, 11) is -4.73. The van der Waals surface area contributed by atoms with Gasteiger partial charge in [0, 0.05) is 37.4 Å². The number of hydrogen-bond donors (Lipinski definition) is 8. The fraction of sp³-hybridized carbons (Fsp3) is 0.538. The Kier molecular flexibility index (Phi) is 10.1. The number of amides is 2. The summed E-state index contributed by atoms with van der Waals surface area (Å²) in [5.41, 5.74) is -0.289. The van der Waals surface area contributed by atoms with Gasteiger partial charge in [0.05, 0.1) is 25.3 Å². The molecule has 0 radical (unpaired) electrons. The smallest absolute Gasteiger partial charge is 0.241 e. The van der Waals surface area contributed by atoms with Gasteiger partial charge in [-0.25, -0.2) is 18.4 Å². The maximum atomic E-state index is 14.3. The van der Waals surface area contributed by atoms with Gasteiger partial charge < -0.3 is 50.7 Å². The average Bonchev–Trinajstić information content (AvgIpc) is 2.98. The highest BCUT2D eigenvalue weighted by atomic mass is 32.2. The second kappa shape index (κ2) is 13.2. The lowest BCUT2D eigenvalue weighted by molar-refractivity contribution is -0.198. The molecule has 0 spiro atoms. The van der Waals surface area contributed by atoms with Crippen molar-refractivity contribution in [3.8, 4) is 0 Å². The molecule has 17 heteroatoms.